The van der Waals surface area contributed by atoms with Gasteiger partial charge < -0.3 is 9.84 Å². The van der Waals surface area contributed by atoms with Crippen molar-refractivity contribution in [3.8, 4) is 6.07 Å². The van der Waals surface area contributed by atoms with Gasteiger partial charge in [0.2, 0.25) is 0 Å². The van der Waals surface area contributed by atoms with E-state index in [1.807, 2.05) is 19.9 Å². The highest BCUT2D eigenvalue weighted by Crippen LogP contribution is 2.65. The Bertz CT molecular complexity index is 1140. The average Bonchev–Trinajstić information content (AvgIpc) is 3.24. The van der Waals surface area contributed by atoms with Crippen LogP contribution in [0.3, 0.4) is 0 Å². The molecule has 7 nitrogen and oxygen atoms in total. The van der Waals surface area contributed by atoms with Gasteiger partial charge in [-0.1, -0.05) is 13.0 Å². The molecule has 9 atom stereocenters. The minimum absolute atomic E-state index is 0.0817. The SMILES string of the molecule is CCOC[C@@]1(O)CC[C@H]2[C@H](CC[C@@H]3[C@@H]2CC[C@]2(C)[C@@H]([C@@H](C)NS(=O)(=O)c4cccc(C#N)n4)CC[C@@H]32)C1. The van der Waals surface area contributed by atoms with Crippen LogP contribution < -0.4 is 4.72 Å². The van der Waals surface area contributed by atoms with Gasteiger partial charge in [0, 0.05) is 12.6 Å². The lowest BCUT2D eigenvalue weighted by Crippen LogP contribution is -2.53. The molecule has 37 heavy (non-hydrogen) atoms. The number of aromatic nitrogens is 1. The number of hydrogen-bond donors (Lipinski definition) is 2. The molecule has 5 rings (SSSR count). The predicted molar refractivity (Wildman–Crippen MR) is 141 cm³/mol. The normalized spacial score (nSPS) is 40.2. The van der Waals surface area contributed by atoms with Gasteiger partial charge >= 0.3 is 0 Å². The molecule has 1 aromatic heterocycles. The second-order valence-corrected chi connectivity index (χ2v) is 14.3. The van der Waals surface area contributed by atoms with Crippen LogP contribution in [-0.4, -0.2) is 43.4 Å². The van der Waals surface area contributed by atoms with Gasteiger partial charge in [-0.2, -0.15) is 5.26 Å². The summed E-state index contributed by atoms with van der Waals surface area (Å²) in [7, 11) is -3.80. The van der Waals surface area contributed by atoms with Crippen LogP contribution in [0.25, 0.3) is 0 Å². The van der Waals surface area contributed by atoms with Crippen LogP contribution in [0.15, 0.2) is 23.2 Å². The first-order valence-corrected chi connectivity index (χ1v) is 15.8. The summed E-state index contributed by atoms with van der Waals surface area (Å²) in [4.78, 5) is 4.02. The standard InChI is InChI=1S/C29H43N3O4S/c1-4-36-18-29(33)15-13-22-20(16-29)8-9-24-23(22)12-14-28(3)25(10-11-26(24)28)19(2)32-37(34,35)27-7-5-6-21(17-30)31-27/h5-7,19-20,22-26,32-33H,4,8-16,18H2,1-3H3/t19-,20-,22+,23-,24-,25-,26+,28-,29-/m1/s1. The molecule has 8 heteroatoms. The van der Waals surface area contributed by atoms with E-state index in [2.05, 4.69) is 16.6 Å². The summed E-state index contributed by atoms with van der Waals surface area (Å²) in [6.07, 6.45) is 9.83. The van der Waals surface area contributed by atoms with Gasteiger partial charge in [-0.25, -0.2) is 18.1 Å². The second kappa shape index (κ2) is 10.2. The Morgan fingerprint density at radius 3 is 2.70 bits per heavy atom. The van der Waals surface area contributed by atoms with E-state index in [4.69, 9.17) is 10.00 Å². The van der Waals surface area contributed by atoms with Crippen molar-refractivity contribution in [1.29, 1.82) is 5.26 Å². The van der Waals surface area contributed by atoms with Crippen molar-refractivity contribution in [1.82, 2.24) is 9.71 Å². The minimum atomic E-state index is -3.80. The Kier molecular flexibility index (Phi) is 7.47. The van der Waals surface area contributed by atoms with Crippen molar-refractivity contribution in [3.05, 3.63) is 23.9 Å². The molecule has 0 aliphatic heterocycles. The molecule has 4 fully saturated rings. The van der Waals surface area contributed by atoms with Gasteiger partial charge in [0.1, 0.15) is 11.8 Å². The number of nitrogens with zero attached hydrogens (tertiary/aromatic N) is 2. The molecule has 0 amide bonds. The fourth-order valence-electron chi connectivity index (χ4n) is 9.26. The summed E-state index contributed by atoms with van der Waals surface area (Å²) >= 11 is 0. The monoisotopic (exact) mass is 529 g/mol. The van der Waals surface area contributed by atoms with E-state index in [1.165, 1.54) is 37.8 Å². The zero-order valence-corrected chi connectivity index (χ0v) is 23.3. The van der Waals surface area contributed by atoms with Gasteiger partial charge in [0.25, 0.3) is 10.0 Å². The fourth-order valence-corrected chi connectivity index (χ4v) is 10.5. The zero-order chi connectivity index (χ0) is 26.4. The molecule has 0 spiro atoms. The van der Waals surface area contributed by atoms with E-state index < -0.39 is 15.6 Å². The molecule has 0 saturated heterocycles. The number of rotatable bonds is 7. The Balaban J connectivity index is 1.27. The van der Waals surface area contributed by atoms with Crippen molar-refractivity contribution in [3.63, 3.8) is 0 Å². The van der Waals surface area contributed by atoms with E-state index in [0.29, 0.717) is 36.9 Å². The molecule has 1 heterocycles. The van der Waals surface area contributed by atoms with Crippen LogP contribution in [0, 0.1) is 52.3 Å². The Labute approximate surface area is 222 Å². The number of sulfonamides is 1. The highest BCUT2D eigenvalue weighted by molar-refractivity contribution is 7.89. The van der Waals surface area contributed by atoms with Gasteiger partial charge in [-0.05, 0) is 125 Å². The van der Waals surface area contributed by atoms with Gasteiger partial charge in [-0.15, -0.1) is 0 Å². The van der Waals surface area contributed by atoms with Crippen LogP contribution in [-0.2, 0) is 14.8 Å². The molecule has 204 valence electrons. The maximum absolute atomic E-state index is 13.1. The maximum Gasteiger partial charge on any atom is 0.258 e. The summed E-state index contributed by atoms with van der Waals surface area (Å²) in [6.45, 7) is 7.53. The summed E-state index contributed by atoms with van der Waals surface area (Å²) in [5.41, 5.74) is -0.418. The molecule has 4 aliphatic carbocycles. The van der Waals surface area contributed by atoms with Gasteiger partial charge in [0.15, 0.2) is 5.03 Å². The van der Waals surface area contributed by atoms with Crippen LogP contribution in [0.2, 0.25) is 0 Å². The van der Waals surface area contributed by atoms with E-state index in [-0.39, 0.29) is 28.1 Å². The molecule has 0 bridgehead atoms. The zero-order valence-electron chi connectivity index (χ0n) is 22.5. The molecule has 2 N–H and O–H groups in total. The number of hydrogen-bond acceptors (Lipinski definition) is 6. The Morgan fingerprint density at radius 1 is 1.16 bits per heavy atom. The van der Waals surface area contributed by atoms with Crippen molar-refractivity contribution >= 4 is 10.0 Å². The molecule has 0 radical (unpaired) electrons. The summed E-state index contributed by atoms with van der Waals surface area (Å²) in [6, 6.07) is 6.28. The maximum atomic E-state index is 13.1. The summed E-state index contributed by atoms with van der Waals surface area (Å²) in [5, 5.41) is 20.2. The summed E-state index contributed by atoms with van der Waals surface area (Å²) in [5.74, 6) is 3.67. The molecule has 4 aliphatic rings. The van der Waals surface area contributed by atoms with Crippen molar-refractivity contribution in [2.24, 2.45) is 40.9 Å². The first-order valence-electron chi connectivity index (χ1n) is 14.3. The number of nitriles is 1. The first-order chi connectivity index (χ1) is 17.6. The number of pyridine rings is 1. The number of fused-ring (bicyclic) bond motifs is 5. The lowest BCUT2D eigenvalue weighted by molar-refractivity contribution is -0.128. The van der Waals surface area contributed by atoms with Crippen LogP contribution in [0.1, 0.15) is 84.3 Å². The highest BCUT2D eigenvalue weighted by atomic mass is 32.2. The third kappa shape index (κ3) is 4.97. The molecule has 0 aromatic carbocycles. The van der Waals surface area contributed by atoms with E-state index in [9.17, 15) is 13.5 Å². The molecule has 1 aromatic rings. The van der Waals surface area contributed by atoms with Crippen molar-refractivity contribution < 1.29 is 18.3 Å². The van der Waals surface area contributed by atoms with Crippen LogP contribution in [0.5, 0.6) is 0 Å². The predicted octanol–water partition coefficient (Wildman–Crippen LogP) is 4.66. The van der Waals surface area contributed by atoms with E-state index in [1.54, 1.807) is 6.07 Å². The highest BCUT2D eigenvalue weighted by Gasteiger charge is 2.58. The van der Waals surface area contributed by atoms with E-state index >= 15 is 0 Å². The van der Waals surface area contributed by atoms with Crippen LogP contribution in [0.4, 0.5) is 0 Å². The topological polar surface area (TPSA) is 112 Å². The lowest BCUT2D eigenvalue weighted by atomic mass is 9.48. The third-order valence-electron chi connectivity index (χ3n) is 10.8. The minimum Gasteiger partial charge on any atom is -0.387 e. The number of aliphatic hydroxyl groups is 1. The third-order valence-corrected chi connectivity index (χ3v) is 12.3. The quantitative estimate of drug-likeness (QED) is 0.531. The molecule has 0 unspecified atom stereocenters. The van der Waals surface area contributed by atoms with Crippen LogP contribution >= 0.6 is 0 Å². The molecular weight excluding hydrogens is 486 g/mol. The summed E-state index contributed by atoms with van der Waals surface area (Å²) < 4.78 is 34.8. The molecule has 4 saturated carbocycles. The number of nitrogens with one attached hydrogen (secondary N) is 1. The Morgan fingerprint density at radius 2 is 1.95 bits per heavy atom. The average molecular weight is 530 g/mol. The van der Waals surface area contributed by atoms with E-state index in [0.717, 1.165) is 38.0 Å². The Hall–Kier alpha value is -1.53. The van der Waals surface area contributed by atoms with Crippen molar-refractivity contribution in [2.75, 3.05) is 13.2 Å². The second-order valence-electron chi connectivity index (χ2n) is 12.7. The fraction of sp³-hybridized carbons (Fsp3) is 0.793. The lowest BCUT2D eigenvalue weighted by Gasteiger charge is -2.57. The molecular formula is C29H43N3O4S. The smallest absolute Gasteiger partial charge is 0.258 e. The van der Waals surface area contributed by atoms with Gasteiger partial charge in [-0.3, -0.25) is 0 Å². The van der Waals surface area contributed by atoms with Gasteiger partial charge in [0.05, 0.1) is 12.2 Å². The number of ether oxygens (including phenoxy) is 1. The largest absolute Gasteiger partial charge is 0.387 e. The first kappa shape index (κ1) is 27.1. The van der Waals surface area contributed by atoms with Crippen molar-refractivity contribution in [2.45, 2.75) is 95.2 Å².